The SMILES string of the molecule is C(=C[P+](Cc1ccccc1)(Cc1ccccc1)Cc1ccccc1)[P+](Cc1ccccc1)(Cc1ccccc1)Cc1ccccc1.[Br-].[Br-]. The van der Waals surface area contributed by atoms with Crippen molar-refractivity contribution in [2.24, 2.45) is 0 Å². The van der Waals surface area contributed by atoms with E-state index in [9.17, 15) is 0 Å². The van der Waals surface area contributed by atoms with E-state index in [2.05, 4.69) is 194 Å². The Bertz CT molecular complexity index is 1430. The lowest BCUT2D eigenvalue weighted by Gasteiger charge is -2.28. The Balaban J connectivity index is 0.00000260. The van der Waals surface area contributed by atoms with Crippen LogP contribution in [0.1, 0.15) is 33.4 Å². The first-order chi connectivity index (χ1) is 22.7. The first-order valence-corrected chi connectivity index (χ1v) is 21.2. The van der Waals surface area contributed by atoms with Gasteiger partial charge in [0.05, 0.1) is 63.1 Å². The zero-order valence-electron chi connectivity index (χ0n) is 27.4. The average molecular weight is 795 g/mol. The second-order valence-corrected chi connectivity index (χ2v) is 20.0. The van der Waals surface area contributed by atoms with Crippen molar-refractivity contribution >= 4 is 14.5 Å². The van der Waals surface area contributed by atoms with Gasteiger partial charge in [0.25, 0.3) is 0 Å². The third kappa shape index (κ3) is 11.2. The van der Waals surface area contributed by atoms with Gasteiger partial charge in [-0.15, -0.1) is 0 Å². The van der Waals surface area contributed by atoms with Gasteiger partial charge < -0.3 is 34.0 Å². The summed E-state index contributed by atoms with van der Waals surface area (Å²) >= 11 is 0. The van der Waals surface area contributed by atoms with E-state index in [4.69, 9.17) is 0 Å². The van der Waals surface area contributed by atoms with Crippen LogP contribution in [0.3, 0.4) is 0 Å². The molecule has 0 saturated carbocycles. The van der Waals surface area contributed by atoms with Crippen LogP contribution in [0, 0.1) is 0 Å². The highest BCUT2D eigenvalue weighted by atomic mass is 79.9. The van der Waals surface area contributed by atoms with Gasteiger partial charge in [-0.25, -0.2) is 0 Å². The van der Waals surface area contributed by atoms with Crippen molar-refractivity contribution in [3.8, 4) is 0 Å². The molecule has 6 aromatic rings. The van der Waals surface area contributed by atoms with Gasteiger partial charge in [-0.2, -0.15) is 0 Å². The van der Waals surface area contributed by atoms with Gasteiger partial charge in [-0.05, 0) is 33.4 Å². The summed E-state index contributed by atoms with van der Waals surface area (Å²) in [6.45, 7) is 0. The van der Waals surface area contributed by atoms with Gasteiger partial charge in [-0.1, -0.05) is 182 Å². The van der Waals surface area contributed by atoms with Crippen molar-refractivity contribution in [1.29, 1.82) is 0 Å². The molecule has 48 heavy (non-hydrogen) atoms. The monoisotopic (exact) mass is 792 g/mol. The summed E-state index contributed by atoms with van der Waals surface area (Å²) in [6, 6.07) is 67.3. The predicted octanol–water partition coefficient (Wildman–Crippen LogP) is 6.70. The molecule has 0 nitrogen and oxygen atoms in total. The van der Waals surface area contributed by atoms with Crippen molar-refractivity contribution < 1.29 is 34.0 Å². The summed E-state index contributed by atoms with van der Waals surface area (Å²) in [6.07, 6.45) is 6.56. The smallest absolute Gasteiger partial charge is 0.0943 e. The summed E-state index contributed by atoms with van der Waals surface area (Å²) in [5, 5.41) is 0. The lowest BCUT2D eigenvalue weighted by Crippen LogP contribution is -3.00. The standard InChI is InChI=1S/C44H44P2.2BrH/c1-7-19-39(20-8-1)33-45(34-40-21-9-2-10-22-40,35-41-23-11-3-12-24-41)31-32-46(36-42-25-13-4-14-26-42,37-43-27-15-5-16-28-43)38-44-29-17-6-18-30-44;;/h1-32H,33-38H2;2*1H/q+2;;/p-2. The normalized spacial score (nSPS) is 11.4. The van der Waals surface area contributed by atoms with Gasteiger partial charge in [0, 0.05) is 0 Å². The Hall–Kier alpha value is -3.12. The molecule has 0 aliphatic carbocycles. The van der Waals surface area contributed by atoms with Crippen LogP contribution in [0.15, 0.2) is 194 Å². The lowest BCUT2D eigenvalue weighted by molar-refractivity contribution is -0.001000. The molecule has 0 heterocycles. The molecule has 0 bridgehead atoms. The van der Waals surface area contributed by atoms with E-state index in [0.717, 1.165) is 37.0 Å². The third-order valence-electron chi connectivity index (χ3n) is 8.74. The van der Waals surface area contributed by atoms with Crippen LogP contribution in [0.2, 0.25) is 0 Å². The van der Waals surface area contributed by atoms with Crippen LogP contribution in [-0.4, -0.2) is 0 Å². The predicted molar refractivity (Wildman–Crippen MR) is 204 cm³/mol. The zero-order chi connectivity index (χ0) is 31.3. The van der Waals surface area contributed by atoms with E-state index in [1.165, 1.54) is 33.4 Å². The molecule has 6 rings (SSSR count). The summed E-state index contributed by atoms with van der Waals surface area (Å²) in [5.74, 6) is 5.59. The van der Waals surface area contributed by atoms with Crippen LogP contribution in [0.5, 0.6) is 0 Å². The average Bonchev–Trinajstić information content (AvgIpc) is 3.10. The molecule has 4 heteroatoms. The Morgan fingerprint density at radius 1 is 0.250 bits per heavy atom. The minimum atomic E-state index is -1.73. The lowest BCUT2D eigenvalue weighted by atomic mass is 10.2. The molecule has 0 fully saturated rings. The first kappa shape index (κ1) is 37.7. The molecule has 0 unspecified atom stereocenters. The fraction of sp³-hybridized carbons (Fsp3) is 0.136. The second-order valence-electron chi connectivity index (χ2n) is 12.6. The van der Waals surface area contributed by atoms with Crippen molar-refractivity contribution in [1.82, 2.24) is 0 Å². The Morgan fingerprint density at radius 2 is 0.396 bits per heavy atom. The fourth-order valence-corrected chi connectivity index (χ4v) is 15.8. The van der Waals surface area contributed by atoms with Gasteiger partial charge in [0.1, 0.15) is 0 Å². The molecule has 0 atom stereocenters. The molecule has 0 amide bonds. The molecule has 6 aromatic carbocycles. The quantitative estimate of drug-likeness (QED) is 0.108. The topological polar surface area (TPSA) is 0 Å². The van der Waals surface area contributed by atoms with Crippen LogP contribution in [0.4, 0.5) is 0 Å². The fourth-order valence-electron chi connectivity index (χ4n) is 6.62. The van der Waals surface area contributed by atoms with E-state index >= 15 is 0 Å². The van der Waals surface area contributed by atoms with Crippen molar-refractivity contribution in [3.05, 3.63) is 227 Å². The molecule has 0 N–H and O–H groups in total. The first-order valence-electron chi connectivity index (χ1n) is 16.3. The summed E-state index contributed by atoms with van der Waals surface area (Å²) in [4.78, 5) is 0. The molecule has 0 spiro atoms. The van der Waals surface area contributed by atoms with Crippen molar-refractivity contribution in [3.63, 3.8) is 0 Å². The summed E-state index contributed by atoms with van der Waals surface area (Å²) in [7, 11) is -3.45. The van der Waals surface area contributed by atoms with Gasteiger partial charge >= 0.3 is 0 Å². The minimum Gasteiger partial charge on any atom is -1.00 e. The third-order valence-corrected chi connectivity index (χ3v) is 16.5. The largest absolute Gasteiger partial charge is 1.00 e. The van der Waals surface area contributed by atoms with Crippen LogP contribution < -0.4 is 34.0 Å². The maximum Gasteiger partial charge on any atom is 0.0943 e. The van der Waals surface area contributed by atoms with Crippen LogP contribution in [-0.2, 0) is 37.0 Å². The van der Waals surface area contributed by atoms with Gasteiger partial charge in [-0.3, -0.25) is 0 Å². The minimum absolute atomic E-state index is 0. The number of rotatable bonds is 14. The molecule has 0 aliphatic heterocycles. The van der Waals surface area contributed by atoms with Gasteiger partial charge in [0.2, 0.25) is 0 Å². The van der Waals surface area contributed by atoms with Crippen LogP contribution >= 0.6 is 14.5 Å². The molecule has 0 aliphatic rings. The summed E-state index contributed by atoms with van der Waals surface area (Å²) in [5.41, 5.74) is 8.61. The number of hydrogen-bond acceptors (Lipinski definition) is 0. The molecular weight excluding hydrogens is 750 g/mol. The number of hydrogen-bond donors (Lipinski definition) is 0. The highest BCUT2D eigenvalue weighted by Gasteiger charge is 2.42. The maximum absolute atomic E-state index is 2.79. The summed E-state index contributed by atoms with van der Waals surface area (Å²) < 4.78 is 0. The molecule has 0 aromatic heterocycles. The molecular formula is C44H44Br2P2. The van der Waals surface area contributed by atoms with Crippen molar-refractivity contribution in [2.75, 3.05) is 0 Å². The molecule has 244 valence electrons. The Labute approximate surface area is 310 Å². The zero-order valence-corrected chi connectivity index (χ0v) is 32.3. The Kier molecular flexibility index (Phi) is 15.1. The van der Waals surface area contributed by atoms with Crippen molar-refractivity contribution in [2.45, 2.75) is 37.0 Å². The van der Waals surface area contributed by atoms with E-state index < -0.39 is 14.5 Å². The van der Waals surface area contributed by atoms with Crippen LogP contribution in [0.25, 0.3) is 0 Å². The van der Waals surface area contributed by atoms with E-state index in [-0.39, 0.29) is 34.0 Å². The molecule has 0 radical (unpaired) electrons. The highest BCUT2D eigenvalue weighted by molar-refractivity contribution is 7.80. The highest BCUT2D eigenvalue weighted by Crippen LogP contribution is 2.74. The molecule has 0 saturated heterocycles. The number of halogens is 2. The van der Waals surface area contributed by atoms with E-state index in [0.29, 0.717) is 0 Å². The Morgan fingerprint density at radius 3 is 0.542 bits per heavy atom. The second kappa shape index (κ2) is 19.2. The maximum atomic E-state index is 2.79. The van der Waals surface area contributed by atoms with E-state index in [1.54, 1.807) is 0 Å². The van der Waals surface area contributed by atoms with Gasteiger partial charge in [0.15, 0.2) is 0 Å². The number of benzene rings is 6. The van der Waals surface area contributed by atoms with E-state index in [1.807, 2.05) is 0 Å².